The zero-order valence-electron chi connectivity index (χ0n) is 9.19. The summed E-state index contributed by atoms with van der Waals surface area (Å²) in [7, 11) is 0. The second-order valence-corrected chi connectivity index (χ2v) is 4.45. The number of rotatable bonds is 3. The molecule has 0 saturated carbocycles. The minimum absolute atomic E-state index is 0.00871. The molecular formula is C13H16O2. The van der Waals surface area contributed by atoms with Gasteiger partial charge in [0, 0.05) is 0 Å². The fourth-order valence-electron chi connectivity index (χ4n) is 1.52. The molecule has 1 aromatic rings. The molecule has 1 aliphatic rings. The van der Waals surface area contributed by atoms with Crippen LogP contribution in [0, 0.1) is 5.41 Å². The smallest absolute Gasteiger partial charge is 0.140 e. The summed E-state index contributed by atoms with van der Waals surface area (Å²) < 4.78 is 11.0. The van der Waals surface area contributed by atoms with Crippen LogP contribution in [0.25, 0.3) is 0 Å². The molecule has 2 heteroatoms. The van der Waals surface area contributed by atoms with E-state index >= 15 is 0 Å². The van der Waals surface area contributed by atoms with Crippen molar-refractivity contribution in [2.45, 2.75) is 20.5 Å². The predicted molar refractivity (Wildman–Crippen MR) is 59.0 cm³/mol. The monoisotopic (exact) mass is 204 g/mol. The van der Waals surface area contributed by atoms with Gasteiger partial charge < -0.3 is 9.47 Å². The van der Waals surface area contributed by atoms with Gasteiger partial charge >= 0.3 is 0 Å². The Balaban J connectivity index is 1.95. The maximum atomic E-state index is 5.74. The quantitative estimate of drug-likeness (QED) is 0.753. The van der Waals surface area contributed by atoms with Crippen molar-refractivity contribution in [2.75, 3.05) is 6.61 Å². The predicted octanol–water partition coefficient (Wildman–Crippen LogP) is 3.10. The zero-order valence-corrected chi connectivity index (χ0v) is 9.19. The van der Waals surface area contributed by atoms with Crippen molar-refractivity contribution in [2.24, 2.45) is 5.41 Å². The van der Waals surface area contributed by atoms with Crippen LogP contribution >= 0.6 is 0 Å². The van der Waals surface area contributed by atoms with E-state index in [4.69, 9.17) is 9.47 Å². The molecule has 0 aromatic heterocycles. The van der Waals surface area contributed by atoms with Crippen LogP contribution in [-0.2, 0) is 16.1 Å². The van der Waals surface area contributed by atoms with E-state index in [0.717, 1.165) is 5.76 Å². The molecule has 0 saturated heterocycles. The fourth-order valence-corrected chi connectivity index (χ4v) is 1.52. The van der Waals surface area contributed by atoms with Crippen LogP contribution in [0.15, 0.2) is 42.4 Å². The molecule has 2 nitrogen and oxygen atoms in total. The first-order valence-electron chi connectivity index (χ1n) is 5.17. The van der Waals surface area contributed by atoms with Gasteiger partial charge in [0.1, 0.15) is 18.6 Å². The minimum atomic E-state index is 0.00871. The van der Waals surface area contributed by atoms with Crippen molar-refractivity contribution in [3.63, 3.8) is 0 Å². The molecule has 0 amide bonds. The molecule has 0 aliphatic carbocycles. The fraction of sp³-hybridized carbons (Fsp3) is 0.385. The third-order valence-electron chi connectivity index (χ3n) is 2.54. The van der Waals surface area contributed by atoms with Crippen molar-refractivity contribution in [1.82, 2.24) is 0 Å². The lowest BCUT2D eigenvalue weighted by Gasteiger charge is -2.19. The molecular weight excluding hydrogens is 188 g/mol. The average Bonchev–Trinajstić information content (AvgIpc) is 2.56. The minimum Gasteiger partial charge on any atom is -0.497 e. The maximum Gasteiger partial charge on any atom is 0.140 e. The van der Waals surface area contributed by atoms with Gasteiger partial charge in [0.05, 0.1) is 12.0 Å². The van der Waals surface area contributed by atoms with Crippen molar-refractivity contribution in [3.8, 4) is 0 Å². The lowest BCUT2D eigenvalue weighted by molar-refractivity contribution is 0.129. The van der Waals surface area contributed by atoms with Crippen molar-refractivity contribution in [3.05, 3.63) is 47.9 Å². The van der Waals surface area contributed by atoms with E-state index in [2.05, 4.69) is 26.0 Å². The van der Waals surface area contributed by atoms with Gasteiger partial charge in [0.2, 0.25) is 0 Å². The molecule has 0 spiro atoms. The molecule has 0 unspecified atom stereocenters. The lowest BCUT2D eigenvalue weighted by atomic mass is 9.94. The Morgan fingerprint density at radius 2 is 2.00 bits per heavy atom. The first-order chi connectivity index (χ1) is 7.18. The van der Waals surface area contributed by atoms with Crippen LogP contribution in [0.2, 0.25) is 0 Å². The van der Waals surface area contributed by atoms with E-state index in [-0.39, 0.29) is 5.41 Å². The van der Waals surface area contributed by atoms with Gasteiger partial charge in [-0.1, -0.05) is 30.3 Å². The third-order valence-corrected chi connectivity index (χ3v) is 2.54. The molecule has 0 radical (unpaired) electrons. The molecule has 1 heterocycles. The van der Waals surface area contributed by atoms with E-state index in [9.17, 15) is 0 Å². The van der Waals surface area contributed by atoms with Crippen LogP contribution in [0.3, 0.4) is 0 Å². The van der Waals surface area contributed by atoms with Gasteiger partial charge in [0.25, 0.3) is 0 Å². The molecule has 2 rings (SSSR count). The first kappa shape index (κ1) is 10.1. The van der Waals surface area contributed by atoms with Gasteiger partial charge in [-0.15, -0.1) is 0 Å². The molecule has 15 heavy (non-hydrogen) atoms. The van der Waals surface area contributed by atoms with E-state index in [1.54, 1.807) is 6.26 Å². The van der Waals surface area contributed by atoms with Crippen LogP contribution in [0.5, 0.6) is 0 Å². The third kappa shape index (κ3) is 2.32. The van der Waals surface area contributed by atoms with Crippen LogP contribution < -0.4 is 0 Å². The summed E-state index contributed by atoms with van der Waals surface area (Å²) in [5.74, 6) is 0.936. The summed E-state index contributed by atoms with van der Waals surface area (Å²) in [5, 5.41) is 0. The topological polar surface area (TPSA) is 18.5 Å². The van der Waals surface area contributed by atoms with Gasteiger partial charge in [0.15, 0.2) is 0 Å². The summed E-state index contributed by atoms with van der Waals surface area (Å²) in [6, 6.07) is 10.2. The van der Waals surface area contributed by atoms with Gasteiger partial charge in [-0.3, -0.25) is 0 Å². The highest BCUT2D eigenvalue weighted by atomic mass is 16.5. The lowest BCUT2D eigenvalue weighted by Crippen LogP contribution is -2.16. The second-order valence-electron chi connectivity index (χ2n) is 4.45. The summed E-state index contributed by atoms with van der Waals surface area (Å²) in [6.45, 7) is 5.56. The van der Waals surface area contributed by atoms with Crippen molar-refractivity contribution in [1.29, 1.82) is 0 Å². The number of hydrogen-bond donors (Lipinski definition) is 0. The zero-order chi connectivity index (χ0) is 10.7. The Morgan fingerprint density at radius 3 is 2.60 bits per heavy atom. The molecule has 80 valence electrons. The standard InChI is InChI=1S/C13H16O2/c1-13(2)10-14-9-12(13)15-8-11-6-4-3-5-7-11/h3-7,9H,8,10H2,1-2H3. The van der Waals surface area contributed by atoms with E-state index in [1.807, 2.05) is 18.2 Å². The molecule has 0 fully saturated rings. The molecule has 1 aliphatic heterocycles. The summed E-state index contributed by atoms with van der Waals surface area (Å²) in [6.07, 6.45) is 1.73. The van der Waals surface area contributed by atoms with E-state index in [0.29, 0.717) is 13.2 Å². The summed E-state index contributed by atoms with van der Waals surface area (Å²) >= 11 is 0. The largest absolute Gasteiger partial charge is 0.497 e. The number of ether oxygens (including phenoxy) is 2. The van der Waals surface area contributed by atoms with E-state index < -0.39 is 0 Å². The van der Waals surface area contributed by atoms with Gasteiger partial charge in [-0.05, 0) is 19.4 Å². The van der Waals surface area contributed by atoms with Gasteiger partial charge in [-0.2, -0.15) is 0 Å². The maximum absolute atomic E-state index is 5.74. The highest BCUT2D eigenvalue weighted by Crippen LogP contribution is 2.33. The number of hydrogen-bond acceptors (Lipinski definition) is 2. The SMILES string of the molecule is CC1(C)COC=C1OCc1ccccc1. The molecule has 0 atom stereocenters. The Kier molecular flexibility index (Phi) is 2.67. The summed E-state index contributed by atoms with van der Waals surface area (Å²) in [5.41, 5.74) is 1.19. The number of benzene rings is 1. The summed E-state index contributed by atoms with van der Waals surface area (Å²) in [4.78, 5) is 0. The Morgan fingerprint density at radius 1 is 1.27 bits per heavy atom. The second kappa shape index (κ2) is 3.97. The Hall–Kier alpha value is -1.44. The normalized spacial score (nSPS) is 18.1. The van der Waals surface area contributed by atoms with Crippen molar-refractivity contribution < 1.29 is 9.47 Å². The Bertz CT molecular complexity index is 352. The van der Waals surface area contributed by atoms with Crippen LogP contribution in [-0.4, -0.2) is 6.61 Å². The molecule has 1 aromatic carbocycles. The van der Waals surface area contributed by atoms with Crippen LogP contribution in [0.4, 0.5) is 0 Å². The molecule has 0 bridgehead atoms. The van der Waals surface area contributed by atoms with Gasteiger partial charge in [-0.25, -0.2) is 0 Å². The molecule has 0 N–H and O–H groups in total. The van der Waals surface area contributed by atoms with Crippen molar-refractivity contribution >= 4 is 0 Å². The average molecular weight is 204 g/mol. The Labute approximate surface area is 90.5 Å². The highest BCUT2D eigenvalue weighted by Gasteiger charge is 2.30. The highest BCUT2D eigenvalue weighted by molar-refractivity contribution is 5.15. The van der Waals surface area contributed by atoms with Crippen LogP contribution in [0.1, 0.15) is 19.4 Å². The van der Waals surface area contributed by atoms with E-state index in [1.165, 1.54) is 5.56 Å². The first-order valence-corrected chi connectivity index (χ1v) is 5.17.